The van der Waals surface area contributed by atoms with Crippen molar-refractivity contribution >= 4 is 23.2 Å². The van der Waals surface area contributed by atoms with Crippen LogP contribution in [0, 0.1) is 11.3 Å². The van der Waals surface area contributed by atoms with Crippen molar-refractivity contribution in [1.82, 2.24) is 15.1 Å². The summed E-state index contributed by atoms with van der Waals surface area (Å²) < 4.78 is 5.17. The van der Waals surface area contributed by atoms with Crippen molar-refractivity contribution in [3.8, 4) is 29.0 Å². The van der Waals surface area contributed by atoms with E-state index in [2.05, 4.69) is 15.1 Å². The highest BCUT2D eigenvalue weighted by Gasteiger charge is 2.12. The fraction of sp³-hybridized carbons (Fsp3) is 0. The van der Waals surface area contributed by atoms with E-state index in [1.54, 1.807) is 30.3 Å². The van der Waals surface area contributed by atoms with Gasteiger partial charge in [0.1, 0.15) is 11.8 Å². The lowest BCUT2D eigenvalue weighted by Gasteiger charge is -1.97. The third kappa shape index (κ3) is 2.87. The molecule has 2 heterocycles. The van der Waals surface area contributed by atoms with Gasteiger partial charge in [0.05, 0.1) is 5.56 Å². The Morgan fingerprint density at radius 1 is 1.10 bits per heavy atom. The molecule has 7 heteroatoms. The topological polar surface area (TPSA) is 75.6 Å². The van der Waals surface area contributed by atoms with Gasteiger partial charge in [-0.3, -0.25) is 0 Å². The maximum absolute atomic E-state index is 8.74. The second-order valence-corrected chi connectivity index (χ2v) is 5.00. The fourth-order valence-corrected chi connectivity index (χ4v) is 2.24. The average Bonchev–Trinajstić information content (AvgIpc) is 2.96. The van der Waals surface area contributed by atoms with E-state index in [0.29, 0.717) is 32.7 Å². The first-order valence-corrected chi connectivity index (χ1v) is 6.58. The SMILES string of the molecule is N#Cc1ccc(-c2nc(-c3cc(Cl)cc(Cl)c3)no2)nc1. The molecular weight excluding hydrogens is 311 g/mol. The van der Waals surface area contributed by atoms with E-state index in [9.17, 15) is 0 Å². The van der Waals surface area contributed by atoms with Crippen molar-refractivity contribution in [3.05, 3.63) is 52.1 Å². The summed E-state index contributed by atoms with van der Waals surface area (Å²) in [6.45, 7) is 0. The first-order valence-electron chi connectivity index (χ1n) is 5.82. The van der Waals surface area contributed by atoms with Crippen molar-refractivity contribution in [1.29, 1.82) is 5.26 Å². The summed E-state index contributed by atoms with van der Waals surface area (Å²) in [5, 5.41) is 13.6. The van der Waals surface area contributed by atoms with Crippen LogP contribution in [0.3, 0.4) is 0 Å². The molecule has 5 nitrogen and oxygen atoms in total. The molecule has 0 aliphatic rings. The predicted octanol–water partition coefficient (Wildman–Crippen LogP) is 3.98. The fourth-order valence-electron chi connectivity index (χ4n) is 1.71. The van der Waals surface area contributed by atoms with E-state index in [-0.39, 0.29) is 5.89 Å². The second kappa shape index (κ2) is 5.52. The van der Waals surface area contributed by atoms with E-state index in [0.717, 1.165) is 0 Å². The zero-order chi connectivity index (χ0) is 14.8. The third-order valence-corrected chi connectivity index (χ3v) is 3.09. The molecular formula is C14H6Cl2N4O. The minimum Gasteiger partial charge on any atom is -0.332 e. The minimum absolute atomic E-state index is 0.255. The van der Waals surface area contributed by atoms with Crippen molar-refractivity contribution in [3.63, 3.8) is 0 Å². The van der Waals surface area contributed by atoms with Crippen LogP contribution in [-0.2, 0) is 0 Å². The summed E-state index contributed by atoms with van der Waals surface area (Å²) in [5.41, 5.74) is 1.59. The van der Waals surface area contributed by atoms with Crippen molar-refractivity contribution in [2.75, 3.05) is 0 Å². The number of hydrogen-bond acceptors (Lipinski definition) is 5. The van der Waals surface area contributed by atoms with Gasteiger partial charge in [-0.2, -0.15) is 10.2 Å². The van der Waals surface area contributed by atoms with Crippen LogP contribution in [-0.4, -0.2) is 15.1 Å². The molecule has 3 aromatic rings. The van der Waals surface area contributed by atoms with Gasteiger partial charge < -0.3 is 4.52 Å². The minimum atomic E-state index is 0.255. The number of rotatable bonds is 2. The summed E-state index contributed by atoms with van der Waals surface area (Å²) >= 11 is 11.9. The molecule has 21 heavy (non-hydrogen) atoms. The molecule has 1 aromatic carbocycles. The van der Waals surface area contributed by atoms with Gasteiger partial charge in [0, 0.05) is 21.8 Å². The first kappa shape index (κ1) is 13.6. The number of nitriles is 1. The molecule has 0 saturated carbocycles. The normalized spacial score (nSPS) is 10.3. The number of benzene rings is 1. The monoisotopic (exact) mass is 316 g/mol. The van der Waals surface area contributed by atoms with Gasteiger partial charge in [-0.25, -0.2) is 4.98 Å². The first-order chi connectivity index (χ1) is 10.2. The van der Waals surface area contributed by atoms with Gasteiger partial charge in [0.2, 0.25) is 5.82 Å². The summed E-state index contributed by atoms with van der Waals surface area (Å²) in [4.78, 5) is 8.34. The highest BCUT2D eigenvalue weighted by molar-refractivity contribution is 6.35. The van der Waals surface area contributed by atoms with Gasteiger partial charge in [0.15, 0.2) is 0 Å². The third-order valence-electron chi connectivity index (χ3n) is 2.66. The van der Waals surface area contributed by atoms with E-state index in [1.807, 2.05) is 6.07 Å². The van der Waals surface area contributed by atoms with Gasteiger partial charge in [-0.15, -0.1) is 0 Å². The number of pyridine rings is 1. The lowest BCUT2D eigenvalue weighted by molar-refractivity contribution is 0.431. The number of halogens is 2. The number of aromatic nitrogens is 3. The molecule has 2 aromatic heterocycles. The summed E-state index contributed by atoms with van der Waals surface area (Å²) in [6, 6.07) is 10.3. The van der Waals surface area contributed by atoms with Crippen LogP contribution < -0.4 is 0 Å². The summed E-state index contributed by atoms with van der Waals surface area (Å²) in [6.07, 6.45) is 1.44. The van der Waals surface area contributed by atoms with Crippen LogP contribution in [0.25, 0.3) is 23.0 Å². The molecule has 0 spiro atoms. The molecule has 0 amide bonds. The molecule has 102 valence electrons. The van der Waals surface area contributed by atoms with Crippen molar-refractivity contribution in [2.24, 2.45) is 0 Å². The molecule has 0 bridgehead atoms. The van der Waals surface area contributed by atoms with E-state index < -0.39 is 0 Å². The van der Waals surface area contributed by atoms with Gasteiger partial charge >= 0.3 is 0 Å². The zero-order valence-corrected chi connectivity index (χ0v) is 11.9. The van der Waals surface area contributed by atoms with E-state index >= 15 is 0 Å². The van der Waals surface area contributed by atoms with Crippen molar-refractivity contribution in [2.45, 2.75) is 0 Å². The molecule has 0 aliphatic heterocycles. The maximum atomic E-state index is 8.74. The lowest BCUT2D eigenvalue weighted by atomic mass is 10.2. The molecule has 0 atom stereocenters. The summed E-state index contributed by atoms with van der Waals surface area (Å²) in [5.74, 6) is 0.617. The van der Waals surface area contributed by atoms with Crippen LogP contribution in [0.1, 0.15) is 5.56 Å². The van der Waals surface area contributed by atoms with Gasteiger partial charge in [0.25, 0.3) is 5.89 Å². The van der Waals surface area contributed by atoms with E-state index in [1.165, 1.54) is 6.20 Å². The number of nitrogens with zero attached hydrogens (tertiary/aromatic N) is 4. The predicted molar refractivity (Wildman–Crippen MR) is 77.7 cm³/mol. The lowest BCUT2D eigenvalue weighted by Crippen LogP contribution is -1.85. The van der Waals surface area contributed by atoms with Crippen LogP contribution in [0.5, 0.6) is 0 Å². The maximum Gasteiger partial charge on any atom is 0.276 e. The molecule has 0 radical (unpaired) electrons. The van der Waals surface area contributed by atoms with Crippen molar-refractivity contribution < 1.29 is 4.52 Å². The number of hydrogen-bond donors (Lipinski definition) is 0. The Kier molecular flexibility index (Phi) is 3.57. The quantitative estimate of drug-likeness (QED) is 0.714. The zero-order valence-electron chi connectivity index (χ0n) is 10.4. The van der Waals surface area contributed by atoms with E-state index in [4.69, 9.17) is 33.0 Å². The summed E-state index contributed by atoms with van der Waals surface area (Å²) in [7, 11) is 0. The highest BCUT2D eigenvalue weighted by Crippen LogP contribution is 2.26. The molecule has 0 aliphatic carbocycles. The Hall–Kier alpha value is -2.42. The van der Waals surface area contributed by atoms with Gasteiger partial charge in [-0.05, 0) is 30.3 Å². The average molecular weight is 317 g/mol. The largest absolute Gasteiger partial charge is 0.332 e. The molecule has 0 unspecified atom stereocenters. The Balaban J connectivity index is 1.97. The molecule has 0 N–H and O–H groups in total. The van der Waals surface area contributed by atoms with Crippen LogP contribution in [0.2, 0.25) is 10.0 Å². The Bertz CT molecular complexity index is 817. The van der Waals surface area contributed by atoms with Crippen LogP contribution >= 0.6 is 23.2 Å². The highest BCUT2D eigenvalue weighted by atomic mass is 35.5. The molecule has 3 rings (SSSR count). The van der Waals surface area contributed by atoms with Crippen LogP contribution in [0.15, 0.2) is 41.1 Å². The molecule has 0 saturated heterocycles. The Morgan fingerprint density at radius 2 is 1.86 bits per heavy atom. The Morgan fingerprint density at radius 3 is 2.48 bits per heavy atom. The van der Waals surface area contributed by atoms with Crippen LogP contribution in [0.4, 0.5) is 0 Å². The Labute approximate surface area is 129 Å². The molecule has 0 fully saturated rings. The standard InChI is InChI=1S/C14H6Cl2N4O/c15-10-3-9(4-11(16)5-10)13-19-14(21-20-13)12-2-1-8(6-17)7-18-12/h1-5,7H. The second-order valence-electron chi connectivity index (χ2n) is 4.13. The van der Waals surface area contributed by atoms with Gasteiger partial charge in [-0.1, -0.05) is 28.4 Å². The smallest absolute Gasteiger partial charge is 0.276 e.